The zero-order valence-corrected chi connectivity index (χ0v) is 22.6. The summed E-state index contributed by atoms with van der Waals surface area (Å²) in [5.41, 5.74) is 7.96. The Morgan fingerprint density at radius 2 is 1.84 bits per heavy atom. The van der Waals surface area contributed by atoms with Crippen LogP contribution in [0, 0.1) is 18.8 Å². The minimum Gasteiger partial charge on any atom is -0.493 e. The lowest BCUT2D eigenvalue weighted by Gasteiger charge is -2.32. The summed E-state index contributed by atoms with van der Waals surface area (Å²) in [4.78, 5) is 13.1. The fourth-order valence-corrected chi connectivity index (χ4v) is 6.92. The number of pyridine rings is 2. The Morgan fingerprint density at radius 3 is 2.57 bits per heavy atom. The molecule has 0 spiro atoms. The number of methoxy groups -OCH3 is 1. The van der Waals surface area contributed by atoms with Crippen molar-refractivity contribution in [2.24, 2.45) is 11.8 Å². The zero-order chi connectivity index (χ0) is 25.5. The van der Waals surface area contributed by atoms with Crippen LogP contribution in [0.1, 0.15) is 87.4 Å². The molecule has 0 atom stereocenters. The first kappa shape index (κ1) is 24.4. The molecule has 2 fully saturated rings. The predicted molar refractivity (Wildman–Crippen MR) is 146 cm³/mol. The maximum Gasteiger partial charge on any atom is 0.197 e. The monoisotopic (exact) mass is 501 g/mol. The molecule has 1 aliphatic carbocycles. The molecule has 37 heavy (non-hydrogen) atoms. The van der Waals surface area contributed by atoms with E-state index < -0.39 is 0 Å². The molecule has 1 saturated heterocycles. The molecule has 0 amide bonds. The molecule has 0 radical (unpaired) electrons. The summed E-state index contributed by atoms with van der Waals surface area (Å²) in [6.07, 6.45) is 14.7. The molecule has 0 aromatic carbocycles. The number of H-pyrrole nitrogens is 1. The molecular weight excluding hydrogens is 462 g/mol. The van der Waals surface area contributed by atoms with Gasteiger partial charge < -0.3 is 14.5 Å². The number of hydrogen-bond acceptors (Lipinski definition) is 5. The van der Waals surface area contributed by atoms with Crippen LogP contribution in [0.4, 0.5) is 0 Å². The molecule has 7 heteroatoms. The number of aromatic nitrogens is 5. The molecule has 0 unspecified atom stereocenters. The Hall–Kier alpha value is -2.93. The van der Waals surface area contributed by atoms with E-state index in [1.807, 2.05) is 6.20 Å². The van der Waals surface area contributed by atoms with Crippen LogP contribution in [0.15, 0.2) is 24.8 Å². The molecule has 7 nitrogen and oxygen atoms in total. The summed E-state index contributed by atoms with van der Waals surface area (Å²) in [5.74, 6) is 3.37. The summed E-state index contributed by atoms with van der Waals surface area (Å²) in [6, 6.07) is 2.06. The van der Waals surface area contributed by atoms with Crippen molar-refractivity contribution in [2.45, 2.75) is 77.6 Å². The molecule has 6 rings (SSSR count). The van der Waals surface area contributed by atoms with Crippen LogP contribution in [0.25, 0.3) is 27.8 Å². The summed E-state index contributed by atoms with van der Waals surface area (Å²) >= 11 is 0. The molecule has 5 heterocycles. The van der Waals surface area contributed by atoms with Gasteiger partial charge in [0.1, 0.15) is 6.33 Å². The average molecular weight is 502 g/mol. The number of rotatable bonds is 6. The van der Waals surface area contributed by atoms with Gasteiger partial charge in [-0.25, -0.2) is 9.50 Å². The maximum atomic E-state index is 5.65. The number of nitrogens with one attached hydrogen (secondary N) is 1. The Bertz CT molecular complexity index is 1390. The highest BCUT2D eigenvalue weighted by molar-refractivity contribution is 5.94. The fraction of sp³-hybridized carbons (Fsp3) is 0.567. The second kappa shape index (κ2) is 10.1. The Kier molecular flexibility index (Phi) is 6.65. The number of hydrogen-bond donors (Lipinski definition) is 1. The van der Waals surface area contributed by atoms with Gasteiger partial charge in [0.25, 0.3) is 0 Å². The Labute approximate surface area is 219 Å². The van der Waals surface area contributed by atoms with Gasteiger partial charge in [0, 0.05) is 42.0 Å². The first-order valence-corrected chi connectivity index (χ1v) is 14.0. The first-order valence-electron chi connectivity index (χ1n) is 14.0. The maximum absolute atomic E-state index is 5.65. The summed E-state index contributed by atoms with van der Waals surface area (Å²) < 4.78 is 13.0. The summed E-state index contributed by atoms with van der Waals surface area (Å²) in [5, 5.41) is 5.70. The average Bonchev–Trinajstić information content (AvgIpc) is 3.55. The van der Waals surface area contributed by atoms with Gasteiger partial charge in [0.05, 0.1) is 24.5 Å². The van der Waals surface area contributed by atoms with Gasteiger partial charge >= 0.3 is 0 Å². The second-order valence-electron chi connectivity index (χ2n) is 11.5. The van der Waals surface area contributed by atoms with Crippen molar-refractivity contribution in [1.82, 2.24) is 24.6 Å². The van der Waals surface area contributed by atoms with Crippen molar-refractivity contribution in [3.05, 3.63) is 41.6 Å². The van der Waals surface area contributed by atoms with Gasteiger partial charge in [-0.3, -0.25) is 4.98 Å². The van der Waals surface area contributed by atoms with Gasteiger partial charge in [-0.1, -0.05) is 13.8 Å². The number of ether oxygens (including phenoxy) is 2. The van der Waals surface area contributed by atoms with Crippen molar-refractivity contribution < 1.29 is 9.47 Å². The number of nitrogens with zero attached hydrogens (tertiary/aromatic N) is 4. The van der Waals surface area contributed by atoms with E-state index in [1.54, 1.807) is 18.0 Å². The number of aryl methyl sites for hydroxylation is 1. The third-order valence-corrected chi connectivity index (χ3v) is 8.83. The highest BCUT2D eigenvalue weighted by Gasteiger charge is 2.29. The summed E-state index contributed by atoms with van der Waals surface area (Å²) in [7, 11) is 1.68. The predicted octanol–water partition coefficient (Wildman–Crippen LogP) is 6.80. The molecular formula is C30H39N5O2. The van der Waals surface area contributed by atoms with Crippen LogP contribution in [0.2, 0.25) is 0 Å². The van der Waals surface area contributed by atoms with Crippen LogP contribution in [0.3, 0.4) is 0 Å². The zero-order valence-electron chi connectivity index (χ0n) is 22.6. The minimum absolute atomic E-state index is 0.352. The van der Waals surface area contributed by atoms with Crippen LogP contribution in [-0.2, 0) is 4.74 Å². The lowest BCUT2D eigenvalue weighted by molar-refractivity contribution is 0.0558. The highest BCUT2D eigenvalue weighted by Crippen LogP contribution is 2.43. The molecule has 1 aliphatic heterocycles. The molecule has 4 aromatic heterocycles. The van der Waals surface area contributed by atoms with Gasteiger partial charge in [-0.15, -0.1) is 0 Å². The third kappa shape index (κ3) is 4.52. The lowest BCUT2D eigenvalue weighted by Crippen LogP contribution is -2.21. The minimum atomic E-state index is 0.352. The smallest absolute Gasteiger partial charge is 0.197 e. The fourth-order valence-electron chi connectivity index (χ4n) is 6.92. The van der Waals surface area contributed by atoms with Crippen molar-refractivity contribution in [1.29, 1.82) is 0 Å². The third-order valence-electron chi connectivity index (χ3n) is 8.83. The molecule has 196 valence electrons. The normalized spacial score (nSPS) is 21.3. The van der Waals surface area contributed by atoms with Crippen molar-refractivity contribution >= 4 is 16.6 Å². The first-order chi connectivity index (χ1) is 18.0. The molecule has 1 saturated carbocycles. The van der Waals surface area contributed by atoms with Gasteiger partial charge in [0.15, 0.2) is 11.4 Å². The second-order valence-corrected chi connectivity index (χ2v) is 11.5. The van der Waals surface area contributed by atoms with Crippen LogP contribution < -0.4 is 4.74 Å². The van der Waals surface area contributed by atoms with E-state index in [9.17, 15) is 0 Å². The molecule has 2 aliphatic rings. The SMILES string of the molecule is COc1cc(-c2[nH]c3cnc(C4CCC(CC5CCOCC5)CC4)c(C)c3c2C(C)C)cn2ncnc12. The van der Waals surface area contributed by atoms with E-state index in [0.717, 1.165) is 53.2 Å². The quantitative estimate of drug-likeness (QED) is 0.314. The van der Waals surface area contributed by atoms with E-state index in [-0.39, 0.29) is 0 Å². The Balaban J connectivity index is 1.31. The van der Waals surface area contributed by atoms with Crippen LogP contribution >= 0.6 is 0 Å². The standard InChI is InChI=1S/C30H39N5O2/c1-18(2)26-27-19(3)28(22-7-5-20(6-8-22)13-21-9-11-37-12-10-21)31-15-24(27)34-29(26)23-14-25(36-4)30-32-17-33-35(30)16-23/h14-18,20-22,34H,5-13H2,1-4H3. The Morgan fingerprint density at radius 1 is 1.08 bits per heavy atom. The van der Waals surface area contributed by atoms with Crippen molar-refractivity contribution in [2.75, 3.05) is 20.3 Å². The van der Waals surface area contributed by atoms with Crippen LogP contribution in [-0.4, -0.2) is 44.9 Å². The summed E-state index contributed by atoms with van der Waals surface area (Å²) in [6.45, 7) is 8.75. The van der Waals surface area contributed by atoms with E-state index >= 15 is 0 Å². The van der Waals surface area contributed by atoms with Crippen LogP contribution in [0.5, 0.6) is 5.75 Å². The molecule has 0 bridgehead atoms. The van der Waals surface area contributed by atoms with E-state index in [0.29, 0.717) is 11.8 Å². The molecule has 4 aromatic rings. The number of fused-ring (bicyclic) bond motifs is 2. The van der Waals surface area contributed by atoms with Gasteiger partial charge in [-0.2, -0.15) is 5.10 Å². The van der Waals surface area contributed by atoms with E-state index in [1.165, 1.54) is 67.2 Å². The topological polar surface area (TPSA) is 77.3 Å². The number of aromatic amines is 1. The van der Waals surface area contributed by atoms with Crippen molar-refractivity contribution in [3.8, 4) is 17.0 Å². The van der Waals surface area contributed by atoms with Gasteiger partial charge in [0.2, 0.25) is 0 Å². The van der Waals surface area contributed by atoms with E-state index in [4.69, 9.17) is 14.5 Å². The highest BCUT2D eigenvalue weighted by atomic mass is 16.5. The van der Waals surface area contributed by atoms with E-state index in [2.05, 4.69) is 48.1 Å². The van der Waals surface area contributed by atoms with Crippen molar-refractivity contribution in [3.63, 3.8) is 0 Å². The molecule has 1 N–H and O–H groups in total. The largest absolute Gasteiger partial charge is 0.493 e. The van der Waals surface area contributed by atoms with Gasteiger partial charge in [-0.05, 0) is 86.8 Å². The lowest BCUT2D eigenvalue weighted by atomic mass is 9.75.